The summed E-state index contributed by atoms with van der Waals surface area (Å²) in [5, 5.41) is 0. The Morgan fingerprint density at radius 3 is 3.15 bits per heavy atom. The lowest BCUT2D eigenvalue weighted by Crippen LogP contribution is -2.21. The molecule has 0 bridgehead atoms. The Labute approximate surface area is 79.1 Å². The van der Waals surface area contributed by atoms with Gasteiger partial charge in [-0.25, -0.2) is 0 Å². The first kappa shape index (κ1) is 8.82. The van der Waals surface area contributed by atoms with E-state index >= 15 is 0 Å². The molecule has 0 radical (unpaired) electrons. The molecule has 1 heterocycles. The Morgan fingerprint density at radius 1 is 1.69 bits per heavy atom. The van der Waals surface area contributed by atoms with Gasteiger partial charge in [-0.2, -0.15) is 0 Å². The summed E-state index contributed by atoms with van der Waals surface area (Å²) in [5.41, 5.74) is 7.10. The summed E-state index contributed by atoms with van der Waals surface area (Å²) in [5.74, 6) is 3.04. The van der Waals surface area contributed by atoms with E-state index in [1.807, 2.05) is 0 Å². The minimum atomic E-state index is 0.564. The fraction of sp³-hybridized carbons (Fsp3) is 0.636. The molecule has 2 N–H and O–H groups in total. The molecule has 0 spiro atoms. The van der Waals surface area contributed by atoms with Crippen LogP contribution in [0.15, 0.2) is 16.7 Å². The van der Waals surface area contributed by atoms with Crippen LogP contribution in [0.3, 0.4) is 0 Å². The minimum absolute atomic E-state index is 0.564. The van der Waals surface area contributed by atoms with Gasteiger partial charge in [-0.15, -0.1) is 0 Å². The molecule has 2 nitrogen and oxygen atoms in total. The minimum Gasteiger partial charge on any atom is -0.469 e. The highest BCUT2D eigenvalue weighted by Crippen LogP contribution is 2.42. The van der Waals surface area contributed by atoms with Crippen LogP contribution in [0, 0.1) is 11.8 Å². The largest absolute Gasteiger partial charge is 0.469 e. The third-order valence-corrected chi connectivity index (χ3v) is 3.24. The van der Waals surface area contributed by atoms with Crippen LogP contribution >= 0.6 is 0 Å². The summed E-state index contributed by atoms with van der Waals surface area (Å²) >= 11 is 0. The average molecular weight is 179 g/mol. The first-order valence-electron chi connectivity index (χ1n) is 5.00. The molecule has 2 rings (SSSR count). The van der Waals surface area contributed by atoms with E-state index in [2.05, 4.69) is 19.9 Å². The Balaban J connectivity index is 2.28. The zero-order valence-corrected chi connectivity index (χ0v) is 8.29. The molecule has 1 aromatic rings. The van der Waals surface area contributed by atoms with Crippen LogP contribution in [0.25, 0.3) is 0 Å². The van der Waals surface area contributed by atoms with E-state index in [9.17, 15) is 0 Å². The number of hydrogen-bond acceptors (Lipinski definition) is 2. The molecule has 0 saturated carbocycles. The second-order valence-electron chi connectivity index (χ2n) is 4.22. The highest BCUT2D eigenvalue weighted by atomic mass is 16.3. The van der Waals surface area contributed by atoms with Crippen LogP contribution in [0.5, 0.6) is 0 Å². The van der Waals surface area contributed by atoms with Gasteiger partial charge in [-0.05, 0) is 35.9 Å². The molecule has 1 aromatic heterocycles. The smallest absolute Gasteiger partial charge is 0.107 e. The summed E-state index contributed by atoms with van der Waals surface area (Å²) in [4.78, 5) is 0. The fourth-order valence-electron chi connectivity index (χ4n) is 2.55. The summed E-state index contributed by atoms with van der Waals surface area (Å²) in [6.07, 6.45) is 2.88. The molecule has 1 aliphatic rings. The number of rotatable bonds is 2. The summed E-state index contributed by atoms with van der Waals surface area (Å²) in [7, 11) is 0. The van der Waals surface area contributed by atoms with E-state index < -0.39 is 0 Å². The first-order valence-corrected chi connectivity index (χ1v) is 5.00. The highest BCUT2D eigenvalue weighted by molar-refractivity contribution is 5.29. The maximum absolute atomic E-state index is 5.71. The van der Waals surface area contributed by atoms with Crippen molar-refractivity contribution in [2.24, 2.45) is 17.6 Å². The van der Waals surface area contributed by atoms with Crippen molar-refractivity contribution in [2.45, 2.75) is 26.2 Å². The van der Waals surface area contributed by atoms with Gasteiger partial charge >= 0.3 is 0 Å². The molecular formula is C11H17NO. The van der Waals surface area contributed by atoms with Gasteiger partial charge in [-0.1, -0.05) is 13.8 Å². The van der Waals surface area contributed by atoms with Crippen molar-refractivity contribution in [1.29, 1.82) is 0 Å². The van der Waals surface area contributed by atoms with Crippen molar-refractivity contribution >= 4 is 0 Å². The third-order valence-electron chi connectivity index (χ3n) is 3.24. The van der Waals surface area contributed by atoms with Gasteiger partial charge in [-0.3, -0.25) is 0 Å². The molecule has 0 saturated heterocycles. The van der Waals surface area contributed by atoms with Crippen LogP contribution in [0.2, 0.25) is 0 Å². The summed E-state index contributed by atoms with van der Waals surface area (Å²) in [6, 6.07) is 2.11. The second-order valence-corrected chi connectivity index (χ2v) is 4.22. The van der Waals surface area contributed by atoms with Crippen LogP contribution < -0.4 is 5.73 Å². The van der Waals surface area contributed by atoms with E-state index in [0.717, 1.165) is 13.0 Å². The van der Waals surface area contributed by atoms with Gasteiger partial charge < -0.3 is 10.2 Å². The highest BCUT2D eigenvalue weighted by Gasteiger charge is 2.34. The Kier molecular flexibility index (Phi) is 2.16. The van der Waals surface area contributed by atoms with Gasteiger partial charge in [0.25, 0.3) is 0 Å². The molecule has 0 aliphatic heterocycles. The predicted molar refractivity (Wildman–Crippen MR) is 52.5 cm³/mol. The van der Waals surface area contributed by atoms with E-state index in [0.29, 0.717) is 17.8 Å². The van der Waals surface area contributed by atoms with E-state index in [1.54, 1.807) is 6.26 Å². The Morgan fingerprint density at radius 2 is 2.46 bits per heavy atom. The quantitative estimate of drug-likeness (QED) is 0.755. The van der Waals surface area contributed by atoms with E-state index in [4.69, 9.17) is 10.2 Å². The molecule has 3 atom stereocenters. The summed E-state index contributed by atoms with van der Waals surface area (Å²) in [6.45, 7) is 5.27. The molecule has 2 heteroatoms. The Hall–Kier alpha value is -0.760. The van der Waals surface area contributed by atoms with Gasteiger partial charge in [0.1, 0.15) is 5.76 Å². The maximum Gasteiger partial charge on any atom is 0.107 e. The van der Waals surface area contributed by atoms with Crippen LogP contribution in [-0.2, 0) is 6.42 Å². The van der Waals surface area contributed by atoms with Crippen LogP contribution in [-0.4, -0.2) is 6.54 Å². The van der Waals surface area contributed by atoms with Crippen LogP contribution in [0.4, 0.5) is 0 Å². The molecule has 13 heavy (non-hydrogen) atoms. The third kappa shape index (κ3) is 1.29. The van der Waals surface area contributed by atoms with Crippen molar-refractivity contribution in [3.05, 3.63) is 23.7 Å². The lowest BCUT2D eigenvalue weighted by atomic mass is 9.83. The zero-order valence-electron chi connectivity index (χ0n) is 8.29. The van der Waals surface area contributed by atoms with Gasteiger partial charge in [0.15, 0.2) is 0 Å². The first-order chi connectivity index (χ1) is 6.24. The molecule has 0 amide bonds. The maximum atomic E-state index is 5.71. The second kappa shape index (κ2) is 3.18. The van der Waals surface area contributed by atoms with Gasteiger partial charge in [0.05, 0.1) is 6.26 Å². The zero-order chi connectivity index (χ0) is 9.42. The molecular weight excluding hydrogens is 162 g/mol. The number of furan rings is 1. The number of fused-ring (bicyclic) bond motifs is 1. The fourth-order valence-corrected chi connectivity index (χ4v) is 2.55. The Bertz CT molecular complexity index is 292. The van der Waals surface area contributed by atoms with Crippen molar-refractivity contribution in [1.82, 2.24) is 0 Å². The molecule has 1 aliphatic carbocycles. The van der Waals surface area contributed by atoms with Crippen molar-refractivity contribution in [3.63, 3.8) is 0 Å². The monoisotopic (exact) mass is 179 g/mol. The average Bonchev–Trinajstić information content (AvgIpc) is 2.62. The van der Waals surface area contributed by atoms with Gasteiger partial charge in [0, 0.05) is 6.42 Å². The van der Waals surface area contributed by atoms with E-state index in [-0.39, 0.29) is 0 Å². The van der Waals surface area contributed by atoms with Crippen LogP contribution in [0.1, 0.15) is 31.1 Å². The van der Waals surface area contributed by atoms with E-state index in [1.165, 1.54) is 11.3 Å². The molecule has 0 fully saturated rings. The number of nitrogens with two attached hydrogens (primary N) is 1. The number of hydrogen-bond donors (Lipinski definition) is 1. The van der Waals surface area contributed by atoms with Gasteiger partial charge in [0.2, 0.25) is 0 Å². The topological polar surface area (TPSA) is 39.2 Å². The molecule has 72 valence electrons. The lowest BCUT2D eigenvalue weighted by molar-refractivity contribution is 0.369. The normalized spacial score (nSPS) is 28.8. The molecule has 0 aromatic carbocycles. The lowest BCUT2D eigenvalue weighted by Gasteiger charge is -2.22. The van der Waals surface area contributed by atoms with Crippen molar-refractivity contribution in [2.75, 3.05) is 6.54 Å². The van der Waals surface area contributed by atoms with Crippen molar-refractivity contribution < 1.29 is 4.42 Å². The van der Waals surface area contributed by atoms with Crippen molar-refractivity contribution in [3.8, 4) is 0 Å². The molecule has 3 unspecified atom stereocenters. The SMILES string of the molecule is CC(CN)C1c2ccoc2CC1C. The predicted octanol–water partition coefficient (Wildman–Crippen LogP) is 2.15. The summed E-state index contributed by atoms with van der Waals surface area (Å²) < 4.78 is 5.43. The standard InChI is InChI=1S/C11H17NO/c1-7-5-10-9(3-4-13-10)11(7)8(2)6-12/h3-4,7-8,11H,5-6,12H2,1-2H3.